The standard InChI is InChI=1S/C15H14BrN3O2/c16-13-6-3-10(17)8-12(13)15(21)19-11-4-1-9(2-5-11)7-14(18)20/h1-6,8H,7,17H2,(H2,18,20)(H,19,21). The molecule has 0 saturated carbocycles. The molecule has 0 atom stereocenters. The van der Waals surface area contributed by atoms with Crippen LogP contribution in [0.5, 0.6) is 0 Å². The van der Waals surface area contributed by atoms with E-state index in [4.69, 9.17) is 11.5 Å². The van der Waals surface area contributed by atoms with Crippen LogP contribution >= 0.6 is 15.9 Å². The number of hydrogen-bond donors (Lipinski definition) is 3. The normalized spacial score (nSPS) is 10.1. The molecule has 0 aliphatic rings. The van der Waals surface area contributed by atoms with Crippen molar-refractivity contribution < 1.29 is 9.59 Å². The first-order valence-electron chi connectivity index (χ1n) is 6.19. The molecule has 0 saturated heterocycles. The average Bonchev–Trinajstić information content (AvgIpc) is 2.43. The number of anilines is 2. The largest absolute Gasteiger partial charge is 0.399 e. The van der Waals surface area contributed by atoms with Crippen LogP contribution in [0.15, 0.2) is 46.9 Å². The first-order valence-corrected chi connectivity index (χ1v) is 6.98. The molecule has 2 rings (SSSR count). The number of rotatable bonds is 4. The second kappa shape index (κ2) is 6.41. The number of nitrogens with two attached hydrogens (primary N) is 2. The molecule has 0 bridgehead atoms. The Balaban J connectivity index is 2.12. The Morgan fingerprint density at radius 3 is 2.38 bits per heavy atom. The summed E-state index contributed by atoms with van der Waals surface area (Å²) in [5.74, 6) is -0.660. The highest BCUT2D eigenvalue weighted by atomic mass is 79.9. The number of nitrogens with one attached hydrogen (secondary N) is 1. The summed E-state index contributed by atoms with van der Waals surface area (Å²) in [6, 6.07) is 12.0. The number of hydrogen-bond acceptors (Lipinski definition) is 3. The number of amides is 2. The smallest absolute Gasteiger partial charge is 0.256 e. The van der Waals surface area contributed by atoms with Crippen LogP contribution in [-0.2, 0) is 11.2 Å². The molecule has 5 nitrogen and oxygen atoms in total. The summed E-state index contributed by atoms with van der Waals surface area (Å²) in [7, 11) is 0. The summed E-state index contributed by atoms with van der Waals surface area (Å²) >= 11 is 3.32. The van der Waals surface area contributed by atoms with Crippen LogP contribution in [0.2, 0.25) is 0 Å². The molecule has 0 spiro atoms. The van der Waals surface area contributed by atoms with Gasteiger partial charge in [-0.3, -0.25) is 9.59 Å². The Labute approximate surface area is 130 Å². The van der Waals surface area contributed by atoms with Gasteiger partial charge in [-0.1, -0.05) is 12.1 Å². The van der Waals surface area contributed by atoms with Gasteiger partial charge >= 0.3 is 0 Å². The van der Waals surface area contributed by atoms with Crippen LogP contribution in [0.25, 0.3) is 0 Å². The third kappa shape index (κ3) is 4.06. The highest BCUT2D eigenvalue weighted by molar-refractivity contribution is 9.10. The van der Waals surface area contributed by atoms with Gasteiger partial charge in [0.15, 0.2) is 0 Å². The van der Waals surface area contributed by atoms with Crippen molar-refractivity contribution in [2.24, 2.45) is 5.73 Å². The zero-order chi connectivity index (χ0) is 15.4. The summed E-state index contributed by atoms with van der Waals surface area (Å²) < 4.78 is 0.666. The fourth-order valence-corrected chi connectivity index (χ4v) is 2.25. The zero-order valence-electron chi connectivity index (χ0n) is 11.1. The number of primary amides is 1. The van der Waals surface area contributed by atoms with Crippen molar-refractivity contribution in [3.05, 3.63) is 58.1 Å². The molecule has 5 N–H and O–H groups in total. The molecular formula is C15H14BrN3O2. The second-order valence-electron chi connectivity index (χ2n) is 4.53. The second-order valence-corrected chi connectivity index (χ2v) is 5.39. The van der Waals surface area contributed by atoms with Crippen molar-refractivity contribution in [3.63, 3.8) is 0 Å². The van der Waals surface area contributed by atoms with Crippen LogP contribution in [0.4, 0.5) is 11.4 Å². The molecule has 2 aromatic carbocycles. The van der Waals surface area contributed by atoms with Gasteiger partial charge in [0, 0.05) is 15.8 Å². The molecule has 0 aliphatic heterocycles. The Hall–Kier alpha value is -2.34. The molecule has 0 aliphatic carbocycles. The lowest BCUT2D eigenvalue weighted by Crippen LogP contribution is -2.14. The van der Waals surface area contributed by atoms with E-state index in [1.807, 2.05) is 0 Å². The van der Waals surface area contributed by atoms with E-state index in [0.29, 0.717) is 21.4 Å². The lowest BCUT2D eigenvalue weighted by atomic mass is 10.1. The van der Waals surface area contributed by atoms with Crippen LogP contribution in [0, 0.1) is 0 Å². The van der Waals surface area contributed by atoms with Gasteiger partial charge in [-0.2, -0.15) is 0 Å². The summed E-state index contributed by atoms with van der Waals surface area (Å²) in [6.45, 7) is 0. The van der Waals surface area contributed by atoms with Crippen molar-refractivity contribution in [1.82, 2.24) is 0 Å². The fourth-order valence-electron chi connectivity index (χ4n) is 1.82. The maximum Gasteiger partial charge on any atom is 0.256 e. The molecule has 0 aromatic heterocycles. The third-order valence-corrected chi connectivity index (χ3v) is 3.52. The zero-order valence-corrected chi connectivity index (χ0v) is 12.7. The van der Waals surface area contributed by atoms with E-state index in [-0.39, 0.29) is 12.3 Å². The summed E-state index contributed by atoms with van der Waals surface area (Å²) in [5, 5.41) is 2.77. The number of carbonyl (C=O) groups is 2. The Kier molecular flexibility index (Phi) is 4.59. The van der Waals surface area contributed by atoms with Crippen LogP contribution in [0.1, 0.15) is 15.9 Å². The van der Waals surface area contributed by atoms with E-state index in [1.54, 1.807) is 42.5 Å². The maximum atomic E-state index is 12.2. The first-order chi connectivity index (χ1) is 9.95. The van der Waals surface area contributed by atoms with E-state index in [2.05, 4.69) is 21.2 Å². The third-order valence-electron chi connectivity index (χ3n) is 2.83. The molecule has 2 aromatic rings. The summed E-state index contributed by atoms with van der Waals surface area (Å²) in [5.41, 5.74) is 13.2. The summed E-state index contributed by atoms with van der Waals surface area (Å²) in [4.78, 5) is 23.0. The lowest BCUT2D eigenvalue weighted by Gasteiger charge is -2.08. The fraction of sp³-hybridized carbons (Fsp3) is 0.0667. The van der Waals surface area contributed by atoms with E-state index in [9.17, 15) is 9.59 Å². The molecular weight excluding hydrogens is 334 g/mol. The van der Waals surface area contributed by atoms with Crippen molar-refractivity contribution >= 4 is 39.1 Å². The summed E-state index contributed by atoms with van der Waals surface area (Å²) in [6.07, 6.45) is 0.176. The molecule has 0 radical (unpaired) electrons. The Morgan fingerprint density at radius 2 is 1.76 bits per heavy atom. The quantitative estimate of drug-likeness (QED) is 0.740. The van der Waals surface area contributed by atoms with Crippen molar-refractivity contribution in [3.8, 4) is 0 Å². The van der Waals surface area contributed by atoms with Gasteiger partial charge < -0.3 is 16.8 Å². The van der Waals surface area contributed by atoms with Gasteiger partial charge in [0.25, 0.3) is 5.91 Å². The minimum atomic E-state index is -0.393. The highest BCUT2D eigenvalue weighted by Gasteiger charge is 2.10. The molecule has 0 fully saturated rings. The van der Waals surface area contributed by atoms with Crippen LogP contribution in [-0.4, -0.2) is 11.8 Å². The predicted molar refractivity (Wildman–Crippen MR) is 85.8 cm³/mol. The van der Waals surface area contributed by atoms with Crippen LogP contribution < -0.4 is 16.8 Å². The van der Waals surface area contributed by atoms with Gasteiger partial charge in [0.1, 0.15) is 0 Å². The van der Waals surface area contributed by atoms with Crippen molar-refractivity contribution in [2.75, 3.05) is 11.1 Å². The molecule has 6 heteroatoms. The Morgan fingerprint density at radius 1 is 1.10 bits per heavy atom. The predicted octanol–water partition coefficient (Wildman–Crippen LogP) is 2.31. The topological polar surface area (TPSA) is 98.2 Å². The van der Waals surface area contributed by atoms with Gasteiger partial charge in [0.2, 0.25) is 5.91 Å². The SMILES string of the molecule is NC(=O)Cc1ccc(NC(=O)c2cc(N)ccc2Br)cc1. The van der Waals surface area contributed by atoms with Crippen molar-refractivity contribution in [1.29, 1.82) is 0 Å². The Bertz CT molecular complexity index is 684. The number of carbonyl (C=O) groups excluding carboxylic acids is 2. The van der Waals surface area contributed by atoms with Gasteiger partial charge in [0.05, 0.1) is 12.0 Å². The molecule has 108 valence electrons. The molecule has 2 amide bonds. The van der Waals surface area contributed by atoms with E-state index >= 15 is 0 Å². The van der Waals surface area contributed by atoms with Gasteiger partial charge in [-0.15, -0.1) is 0 Å². The van der Waals surface area contributed by atoms with E-state index in [0.717, 1.165) is 5.56 Å². The van der Waals surface area contributed by atoms with E-state index in [1.165, 1.54) is 0 Å². The monoisotopic (exact) mass is 347 g/mol. The van der Waals surface area contributed by atoms with Gasteiger partial charge in [-0.05, 0) is 51.8 Å². The molecule has 0 heterocycles. The number of halogens is 1. The average molecular weight is 348 g/mol. The number of benzene rings is 2. The van der Waals surface area contributed by atoms with Crippen LogP contribution in [0.3, 0.4) is 0 Å². The lowest BCUT2D eigenvalue weighted by molar-refractivity contribution is -0.117. The highest BCUT2D eigenvalue weighted by Crippen LogP contribution is 2.21. The van der Waals surface area contributed by atoms with E-state index < -0.39 is 5.91 Å². The first kappa shape index (κ1) is 15.1. The molecule has 21 heavy (non-hydrogen) atoms. The maximum absolute atomic E-state index is 12.2. The molecule has 0 unspecified atom stereocenters. The minimum Gasteiger partial charge on any atom is -0.399 e. The minimum absolute atomic E-state index is 0.176. The van der Waals surface area contributed by atoms with Crippen molar-refractivity contribution in [2.45, 2.75) is 6.42 Å². The number of nitrogen functional groups attached to an aromatic ring is 1. The van der Waals surface area contributed by atoms with Gasteiger partial charge in [-0.25, -0.2) is 0 Å².